The number of nitrogens with one attached hydrogen (secondary N) is 1. The molecule has 2 N–H and O–H groups in total. The van der Waals surface area contributed by atoms with Crippen LogP contribution in [0.1, 0.15) is 48.4 Å². The Balaban J connectivity index is 1.53. The van der Waals surface area contributed by atoms with Gasteiger partial charge in [0.15, 0.2) is 5.69 Å². The molecule has 0 spiro atoms. The van der Waals surface area contributed by atoms with Gasteiger partial charge in [-0.25, -0.2) is 14.8 Å². The summed E-state index contributed by atoms with van der Waals surface area (Å²) in [5.74, 6) is -1.55. The Morgan fingerprint density at radius 1 is 1.15 bits per heavy atom. The van der Waals surface area contributed by atoms with Crippen molar-refractivity contribution in [3.63, 3.8) is 0 Å². The third-order valence-corrected chi connectivity index (χ3v) is 5.17. The van der Waals surface area contributed by atoms with Gasteiger partial charge in [-0.1, -0.05) is 0 Å². The van der Waals surface area contributed by atoms with E-state index in [1.54, 1.807) is 4.90 Å². The third-order valence-electron chi connectivity index (χ3n) is 4.17. The quantitative estimate of drug-likeness (QED) is 0.840. The lowest BCUT2D eigenvalue weighted by molar-refractivity contribution is 0.0672. The van der Waals surface area contributed by atoms with Crippen molar-refractivity contribution >= 4 is 29.1 Å². The van der Waals surface area contributed by atoms with Crippen molar-refractivity contribution in [2.45, 2.75) is 25.8 Å². The molecule has 0 radical (unpaired) electrons. The van der Waals surface area contributed by atoms with E-state index in [4.69, 9.17) is 5.11 Å². The molecule has 0 saturated carbocycles. The van der Waals surface area contributed by atoms with Crippen molar-refractivity contribution in [3.8, 4) is 0 Å². The van der Waals surface area contributed by atoms with E-state index < -0.39 is 5.97 Å². The van der Waals surface area contributed by atoms with Crippen LogP contribution in [0, 0.1) is 6.92 Å². The number of hydrogen-bond donors (Lipinski definition) is 2. The van der Waals surface area contributed by atoms with Gasteiger partial charge in [-0.05, 0) is 31.9 Å². The van der Waals surface area contributed by atoms with Crippen LogP contribution in [-0.4, -0.2) is 56.9 Å². The molecule has 2 amide bonds. The van der Waals surface area contributed by atoms with Crippen LogP contribution >= 0.6 is 11.3 Å². The molecule has 1 fully saturated rings. The first-order valence-electron chi connectivity index (χ1n) is 8.16. The Bertz CT molecular complexity index is 826. The minimum atomic E-state index is -1.19. The third kappa shape index (κ3) is 4.05. The van der Waals surface area contributed by atoms with E-state index in [1.165, 1.54) is 17.5 Å². The number of piperidine rings is 1. The Kier molecular flexibility index (Phi) is 5.27. The molecule has 1 saturated heterocycles. The van der Waals surface area contributed by atoms with E-state index in [2.05, 4.69) is 15.3 Å². The summed E-state index contributed by atoms with van der Waals surface area (Å²) in [5.41, 5.74) is -0.0849. The molecule has 0 unspecified atom stereocenters. The van der Waals surface area contributed by atoms with Crippen molar-refractivity contribution in [1.29, 1.82) is 0 Å². The zero-order chi connectivity index (χ0) is 18.7. The van der Waals surface area contributed by atoms with Crippen molar-refractivity contribution < 1.29 is 19.5 Å². The number of rotatable bonds is 4. The fourth-order valence-corrected chi connectivity index (χ4v) is 3.52. The lowest BCUT2D eigenvalue weighted by Crippen LogP contribution is -2.46. The zero-order valence-corrected chi connectivity index (χ0v) is 15.0. The normalized spacial score (nSPS) is 14.9. The maximum absolute atomic E-state index is 12.4. The number of hydrogen-bond acceptors (Lipinski definition) is 6. The van der Waals surface area contributed by atoms with Crippen LogP contribution in [-0.2, 0) is 0 Å². The predicted octanol–water partition coefficient (Wildman–Crippen LogP) is 1.58. The molecule has 26 heavy (non-hydrogen) atoms. The molecular formula is C17H18N4O4S. The second kappa shape index (κ2) is 7.61. The number of aromatic carboxylic acids is 1. The second-order valence-corrected chi connectivity index (χ2v) is 7.33. The van der Waals surface area contributed by atoms with E-state index >= 15 is 0 Å². The summed E-state index contributed by atoms with van der Waals surface area (Å²) in [7, 11) is 0. The van der Waals surface area contributed by atoms with Gasteiger partial charge in [-0.2, -0.15) is 0 Å². The fraction of sp³-hybridized carbons (Fsp3) is 0.353. The second-order valence-electron chi connectivity index (χ2n) is 6.04. The summed E-state index contributed by atoms with van der Waals surface area (Å²) >= 11 is 1.46. The highest BCUT2D eigenvalue weighted by molar-refractivity contribution is 7.13. The number of amides is 2. The van der Waals surface area contributed by atoms with Crippen molar-refractivity contribution in [1.82, 2.24) is 20.2 Å². The Hall–Kier alpha value is -2.81. The van der Waals surface area contributed by atoms with Gasteiger partial charge < -0.3 is 15.3 Å². The standard InChI is InChI=1S/C17H18N4O4S/c1-10-2-3-14(26-10)15(22)20-11-4-6-21(7-5-11)16(23)12-8-19-13(9-18-12)17(24)25/h2-3,8-9,11H,4-7H2,1H3,(H,20,22)(H,24,25). The lowest BCUT2D eigenvalue weighted by Gasteiger charge is -2.32. The van der Waals surface area contributed by atoms with Crippen LogP contribution in [0.25, 0.3) is 0 Å². The lowest BCUT2D eigenvalue weighted by atomic mass is 10.0. The van der Waals surface area contributed by atoms with E-state index in [1.807, 2.05) is 19.1 Å². The smallest absolute Gasteiger partial charge is 0.356 e. The average molecular weight is 374 g/mol. The van der Waals surface area contributed by atoms with Gasteiger partial charge in [-0.15, -0.1) is 11.3 Å². The molecule has 3 heterocycles. The van der Waals surface area contributed by atoms with Crippen molar-refractivity contribution in [2.24, 2.45) is 0 Å². The summed E-state index contributed by atoms with van der Waals surface area (Å²) < 4.78 is 0. The molecule has 8 nitrogen and oxygen atoms in total. The molecule has 1 aliphatic rings. The first kappa shape index (κ1) is 18.0. The molecular weight excluding hydrogens is 356 g/mol. The van der Waals surface area contributed by atoms with Gasteiger partial charge in [0, 0.05) is 24.0 Å². The minimum Gasteiger partial charge on any atom is -0.476 e. The van der Waals surface area contributed by atoms with Gasteiger partial charge in [0.05, 0.1) is 17.3 Å². The van der Waals surface area contributed by atoms with Crippen LogP contribution in [0.4, 0.5) is 0 Å². The monoisotopic (exact) mass is 374 g/mol. The van der Waals surface area contributed by atoms with Crippen LogP contribution in [0.15, 0.2) is 24.5 Å². The van der Waals surface area contributed by atoms with Crippen LogP contribution in [0.5, 0.6) is 0 Å². The molecule has 0 bridgehead atoms. The van der Waals surface area contributed by atoms with Crippen molar-refractivity contribution in [3.05, 3.63) is 45.7 Å². The molecule has 2 aromatic heterocycles. The van der Waals surface area contributed by atoms with Gasteiger partial charge in [-0.3, -0.25) is 9.59 Å². The van der Waals surface area contributed by atoms with Crippen molar-refractivity contribution in [2.75, 3.05) is 13.1 Å². The zero-order valence-electron chi connectivity index (χ0n) is 14.1. The Morgan fingerprint density at radius 2 is 1.81 bits per heavy atom. The van der Waals surface area contributed by atoms with E-state index in [0.717, 1.165) is 11.1 Å². The van der Waals surface area contributed by atoms with Crippen LogP contribution < -0.4 is 5.32 Å². The maximum atomic E-state index is 12.4. The number of aryl methyl sites for hydroxylation is 1. The number of carboxylic acid groups (broad SMARTS) is 1. The largest absolute Gasteiger partial charge is 0.476 e. The Labute approximate surface area is 153 Å². The number of carboxylic acids is 1. The predicted molar refractivity (Wildman–Crippen MR) is 94.4 cm³/mol. The fourth-order valence-electron chi connectivity index (χ4n) is 2.75. The number of carbonyl (C=O) groups excluding carboxylic acids is 2. The number of likely N-dealkylation sites (tertiary alicyclic amines) is 1. The summed E-state index contributed by atoms with van der Waals surface area (Å²) in [5, 5.41) is 11.8. The van der Waals surface area contributed by atoms with Gasteiger partial charge >= 0.3 is 5.97 Å². The summed E-state index contributed by atoms with van der Waals surface area (Å²) in [4.78, 5) is 46.4. The molecule has 0 aliphatic carbocycles. The number of carbonyl (C=O) groups is 3. The topological polar surface area (TPSA) is 112 Å². The van der Waals surface area contributed by atoms with E-state index in [0.29, 0.717) is 30.8 Å². The maximum Gasteiger partial charge on any atom is 0.356 e. The highest BCUT2D eigenvalue weighted by Crippen LogP contribution is 2.17. The van der Waals surface area contributed by atoms with E-state index in [9.17, 15) is 14.4 Å². The highest BCUT2D eigenvalue weighted by atomic mass is 32.1. The van der Waals surface area contributed by atoms with E-state index in [-0.39, 0.29) is 29.2 Å². The molecule has 9 heteroatoms. The molecule has 1 aliphatic heterocycles. The molecule has 0 aromatic carbocycles. The summed E-state index contributed by atoms with van der Waals surface area (Å²) in [6.07, 6.45) is 3.56. The van der Waals surface area contributed by atoms with Gasteiger partial charge in [0.2, 0.25) is 0 Å². The summed E-state index contributed by atoms with van der Waals surface area (Å²) in [6, 6.07) is 3.75. The number of thiophene rings is 1. The minimum absolute atomic E-state index is 0.0226. The number of nitrogens with zero attached hydrogens (tertiary/aromatic N) is 3. The molecule has 3 rings (SSSR count). The molecule has 136 valence electrons. The van der Waals surface area contributed by atoms with Crippen LogP contribution in [0.2, 0.25) is 0 Å². The van der Waals surface area contributed by atoms with Gasteiger partial charge in [0.1, 0.15) is 5.69 Å². The first-order valence-corrected chi connectivity index (χ1v) is 8.97. The molecule has 2 aromatic rings. The highest BCUT2D eigenvalue weighted by Gasteiger charge is 2.26. The Morgan fingerprint density at radius 3 is 2.35 bits per heavy atom. The summed E-state index contributed by atoms with van der Waals surface area (Å²) in [6.45, 7) is 2.95. The van der Waals surface area contributed by atoms with Crippen LogP contribution in [0.3, 0.4) is 0 Å². The van der Waals surface area contributed by atoms with Gasteiger partial charge in [0.25, 0.3) is 11.8 Å². The average Bonchev–Trinajstić information content (AvgIpc) is 3.08. The SMILES string of the molecule is Cc1ccc(C(=O)NC2CCN(C(=O)c3cnc(C(=O)O)cn3)CC2)s1. The molecule has 0 atom stereocenters. The first-order chi connectivity index (χ1) is 12.4. The number of aromatic nitrogens is 2.